The molecular weight excluding hydrogens is 310 g/mol. The molecule has 0 saturated heterocycles. The number of hydrogen-bond donors (Lipinski definition) is 2. The first-order valence-electron chi connectivity index (χ1n) is 7.56. The Morgan fingerprint density at radius 1 is 1.25 bits per heavy atom. The lowest BCUT2D eigenvalue weighted by molar-refractivity contribution is -0.122. The van der Waals surface area contributed by atoms with Crippen molar-refractivity contribution in [3.8, 4) is 11.4 Å². The summed E-state index contributed by atoms with van der Waals surface area (Å²) in [5, 5.41) is 16.1. The maximum Gasteiger partial charge on any atom is 0.227 e. The van der Waals surface area contributed by atoms with Crippen LogP contribution in [0.3, 0.4) is 0 Å². The van der Waals surface area contributed by atoms with Gasteiger partial charge in [-0.25, -0.2) is 0 Å². The number of aliphatic hydroxyl groups excluding tert-OH is 1. The van der Waals surface area contributed by atoms with Crippen LogP contribution in [0.25, 0.3) is 11.4 Å². The van der Waals surface area contributed by atoms with E-state index in [2.05, 4.69) is 15.5 Å². The van der Waals surface area contributed by atoms with Gasteiger partial charge in [0.25, 0.3) is 0 Å². The highest BCUT2D eigenvalue weighted by molar-refractivity contribution is 5.76. The van der Waals surface area contributed by atoms with E-state index in [9.17, 15) is 9.90 Å². The van der Waals surface area contributed by atoms with Gasteiger partial charge in [0.05, 0.1) is 24.5 Å². The van der Waals surface area contributed by atoms with E-state index in [1.54, 1.807) is 6.07 Å². The number of hydrogen-bond acceptors (Lipinski definition) is 6. The molecule has 3 rings (SSSR count). The number of carbonyl (C=O) groups excluding carboxylic acids is 1. The van der Waals surface area contributed by atoms with Crippen molar-refractivity contribution in [2.75, 3.05) is 6.61 Å². The number of benzene rings is 1. The molecule has 2 N–H and O–H groups in total. The van der Waals surface area contributed by atoms with Crippen LogP contribution in [0.1, 0.15) is 23.9 Å². The van der Waals surface area contributed by atoms with Crippen LogP contribution in [0.4, 0.5) is 0 Å². The fraction of sp³-hybridized carbons (Fsp3) is 0.235. The molecule has 1 aromatic carbocycles. The molecule has 0 aliphatic heterocycles. The summed E-state index contributed by atoms with van der Waals surface area (Å²) in [6.45, 7) is -0.166. The molecule has 2 aromatic heterocycles. The summed E-state index contributed by atoms with van der Waals surface area (Å²) in [4.78, 5) is 16.3. The first kappa shape index (κ1) is 15.9. The molecule has 3 aromatic rings. The van der Waals surface area contributed by atoms with Crippen LogP contribution in [0.15, 0.2) is 57.9 Å². The highest BCUT2D eigenvalue weighted by Gasteiger charge is 2.15. The largest absolute Gasteiger partial charge is 0.472 e. The molecule has 0 bridgehead atoms. The maximum absolute atomic E-state index is 12.1. The standard InChI is InChI=1S/C17H17N3O4/c21-10-14(12-4-2-1-3-5-12)18-15(22)6-7-16-19-17(20-24-16)13-8-9-23-11-13/h1-5,8-9,11,14,21H,6-7,10H2,(H,18,22)/t14-/m1/s1. The summed E-state index contributed by atoms with van der Waals surface area (Å²) in [7, 11) is 0. The minimum Gasteiger partial charge on any atom is -0.472 e. The van der Waals surface area contributed by atoms with Gasteiger partial charge in [0.2, 0.25) is 17.6 Å². The number of carbonyl (C=O) groups is 1. The third-order valence-corrected chi connectivity index (χ3v) is 3.53. The van der Waals surface area contributed by atoms with E-state index < -0.39 is 6.04 Å². The lowest BCUT2D eigenvalue weighted by Gasteiger charge is -2.16. The van der Waals surface area contributed by atoms with Crippen molar-refractivity contribution < 1.29 is 18.8 Å². The van der Waals surface area contributed by atoms with Gasteiger partial charge in [-0.05, 0) is 11.6 Å². The lowest BCUT2D eigenvalue weighted by Crippen LogP contribution is -2.30. The van der Waals surface area contributed by atoms with Gasteiger partial charge < -0.3 is 19.4 Å². The smallest absolute Gasteiger partial charge is 0.227 e. The molecule has 0 aliphatic carbocycles. The lowest BCUT2D eigenvalue weighted by atomic mass is 10.1. The van der Waals surface area contributed by atoms with Crippen molar-refractivity contribution in [2.45, 2.75) is 18.9 Å². The Morgan fingerprint density at radius 3 is 2.79 bits per heavy atom. The SMILES string of the molecule is O=C(CCc1nc(-c2ccoc2)no1)N[C@H](CO)c1ccccc1. The van der Waals surface area contributed by atoms with E-state index in [1.807, 2.05) is 30.3 Å². The average molecular weight is 327 g/mol. The van der Waals surface area contributed by atoms with E-state index in [0.717, 1.165) is 11.1 Å². The van der Waals surface area contributed by atoms with Gasteiger partial charge in [-0.15, -0.1) is 0 Å². The summed E-state index contributed by atoms with van der Waals surface area (Å²) >= 11 is 0. The number of aliphatic hydroxyl groups is 1. The van der Waals surface area contributed by atoms with Gasteiger partial charge in [0.15, 0.2) is 0 Å². The van der Waals surface area contributed by atoms with Crippen LogP contribution in [0.2, 0.25) is 0 Å². The predicted molar refractivity (Wildman–Crippen MR) is 84.7 cm³/mol. The Morgan fingerprint density at radius 2 is 2.08 bits per heavy atom. The Hall–Kier alpha value is -2.93. The number of aryl methyl sites for hydroxylation is 1. The van der Waals surface area contributed by atoms with Crippen molar-refractivity contribution in [3.63, 3.8) is 0 Å². The monoisotopic (exact) mass is 327 g/mol. The number of furan rings is 1. The van der Waals surface area contributed by atoms with Gasteiger partial charge >= 0.3 is 0 Å². The summed E-state index contributed by atoms with van der Waals surface area (Å²) in [6.07, 6.45) is 3.56. The minimum absolute atomic E-state index is 0.166. The molecule has 0 saturated carbocycles. The molecule has 1 amide bonds. The summed E-state index contributed by atoms with van der Waals surface area (Å²) in [5.41, 5.74) is 1.58. The second-order valence-corrected chi connectivity index (χ2v) is 5.24. The van der Waals surface area contributed by atoms with E-state index in [4.69, 9.17) is 8.94 Å². The fourth-order valence-electron chi connectivity index (χ4n) is 2.27. The van der Waals surface area contributed by atoms with Crippen LogP contribution in [0, 0.1) is 0 Å². The van der Waals surface area contributed by atoms with Gasteiger partial charge in [0.1, 0.15) is 6.26 Å². The third kappa shape index (κ3) is 3.88. The molecule has 2 heterocycles. The number of nitrogens with one attached hydrogen (secondary N) is 1. The molecule has 24 heavy (non-hydrogen) atoms. The van der Waals surface area contributed by atoms with E-state index in [0.29, 0.717) is 18.1 Å². The first-order valence-corrected chi connectivity index (χ1v) is 7.56. The summed E-state index contributed by atoms with van der Waals surface area (Å²) in [5.74, 6) is 0.610. The molecule has 124 valence electrons. The van der Waals surface area contributed by atoms with Gasteiger partial charge in [-0.2, -0.15) is 4.98 Å². The summed E-state index contributed by atoms with van der Waals surface area (Å²) in [6, 6.07) is 10.6. The Balaban J connectivity index is 1.54. The molecular formula is C17H17N3O4. The summed E-state index contributed by atoms with van der Waals surface area (Å²) < 4.78 is 10.1. The van der Waals surface area contributed by atoms with Gasteiger partial charge in [-0.3, -0.25) is 4.79 Å². The topological polar surface area (TPSA) is 101 Å². The van der Waals surface area contributed by atoms with Crippen LogP contribution in [-0.2, 0) is 11.2 Å². The Labute approximate surface area is 138 Å². The average Bonchev–Trinajstić information content (AvgIpc) is 3.29. The normalized spacial score (nSPS) is 12.0. The maximum atomic E-state index is 12.1. The van der Waals surface area contributed by atoms with Crippen molar-refractivity contribution in [1.29, 1.82) is 0 Å². The zero-order valence-corrected chi connectivity index (χ0v) is 12.9. The predicted octanol–water partition coefficient (Wildman–Crippen LogP) is 2.11. The number of aromatic nitrogens is 2. The second kappa shape index (κ2) is 7.56. The van der Waals surface area contributed by atoms with Crippen LogP contribution in [-0.4, -0.2) is 27.8 Å². The molecule has 7 nitrogen and oxygen atoms in total. The zero-order chi connectivity index (χ0) is 16.8. The van der Waals surface area contributed by atoms with Gasteiger partial charge in [-0.1, -0.05) is 35.5 Å². The van der Waals surface area contributed by atoms with Crippen molar-refractivity contribution >= 4 is 5.91 Å². The van der Waals surface area contributed by atoms with Crippen molar-refractivity contribution in [1.82, 2.24) is 15.5 Å². The molecule has 0 fully saturated rings. The highest BCUT2D eigenvalue weighted by atomic mass is 16.5. The van der Waals surface area contributed by atoms with Crippen LogP contribution in [0.5, 0.6) is 0 Å². The number of nitrogens with zero attached hydrogens (tertiary/aromatic N) is 2. The molecule has 0 aliphatic rings. The highest BCUT2D eigenvalue weighted by Crippen LogP contribution is 2.16. The number of amides is 1. The van der Waals surface area contributed by atoms with E-state index >= 15 is 0 Å². The van der Waals surface area contributed by atoms with Crippen molar-refractivity contribution in [3.05, 3.63) is 60.4 Å². The molecule has 0 unspecified atom stereocenters. The first-order chi connectivity index (χ1) is 11.8. The molecule has 0 radical (unpaired) electrons. The Kier molecular flexibility index (Phi) is 5.02. The molecule has 1 atom stereocenters. The Bertz CT molecular complexity index is 768. The minimum atomic E-state index is -0.428. The zero-order valence-electron chi connectivity index (χ0n) is 12.9. The van der Waals surface area contributed by atoms with Crippen LogP contribution < -0.4 is 5.32 Å². The quantitative estimate of drug-likeness (QED) is 0.689. The second-order valence-electron chi connectivity index (χ2n) is 5.24. The van der Waals surface area contributed by atoms with Crippen molar-refractivity contribution in [2.24, 2.45) is 0 Å². The van der Waals surface area contributed by atoms with E-state index in [-0.39, 0.29) is 18.9 Å². The fourth-order valence-corrected chi connectivity index (χ4v) is 2.27. The van der Waals surface area contributed by atoms with Gasteiger partial charge in [0, 0.05) is 12.8 Å². The van der Waals surface area contributed by atoms with Crippen LogP contribution >= 0.6 is 0 Å². The molecule has 7 heteroatoms. The number of rotatable bonds is 7. The molecule has 0 spiro atoms. The van der Waals surface area contributed by atoms with E-state index in [1.165, 1.54) is 12.5 Å². The third-order valence-electron chi connectivity index (χ3n) is 3.53.